The summed E-state index contributed by atoms with van der Waals surface area (Å²) >= 11 is 0. The van der Waals surface area contributed by atoms with Crippen LogP contribution >= 0.6 is 0 Å². The van der Waals surface area contributed by atoms with Gasteiger partial charge in [-0.1, -0.05) is 0 Å². The molecule has 5 nitrogen and oxygen atoms in total. The molecule has 12 heavy (non-hydrogen) atoms. The van der Waals surface area contributed by atoms with Gasteiger partial charge in [0, 0.05) is 20.0 Å². The number of hydrogen-bond donors (Lipinski definition) is 3. The average Bonchev–Trinajstić information content (AvgIpc) is 1.95. The monoisotopic (exact) mass is 173 g/mol. The lowest BCUT2D eigenvalue weighted by atomic mass is 10.3. The smallest absolute Gasteiger partial charge is 0.312 e. The summed E-state index contributed by atoms with van der Waals surface area (Å²) in [4.78, 5) is 20.6. The Morgan fingerprint density at radius 1 is 1.17 bits per heavy atom. The minimum Gasteiger partial charge on any atom is -0.356 e. The molecule has 4 N–H and O–H groups in total. The highest BCUT2D eigenvalue weighted by Crippen LogP contribution is 1.83. The van der Waals surface area contributed by atoms with E-state index in [2.05, 4.69) is 10.6 Å². The van der Waals surface area contributed by atoms with Crippen molar-refractivity contribution in [2.24, 2.45) is 5.73 Å². The summed E-state index contributed by atoms with van der Waals surface area (Å²) in [5.74, 6) is -0.0298. The molecule has 5 heteroatoms. The number of carbonyl (C=O) groups is 2. The summed E-state index contributed by atoms with van der Waals surface area (Å²) in [5, 5.41) is 5.11. The molecule has 0 radical (unpaired) electrons. The zero-order chi connectivity index (χ0) is 9.40. The SMILES string of the molecule is CC(=O)NCCCCNC(N)=O. The third-order valence-corrected chi connectivity index (χ3v) is 1.28. The van der Waals surface area contributed by atoms with Gasteiger partial charge >= 0.3 is 6.03 Å². The standard InChI is InChI=1S/C7H15N3O2/c1-6(11)9-4-2-3-5-10-7(8)12/h2-5H2,1H3,(H,9,11)(H3,8,10,12). The predicted molar refractivity (Wildman–Crippen MR) is 45.5 cm³/mol. The van der Waals surface area contributed by atoms with E-state index in [4.69, 9.17) is 5.73 Å². The van der Waals surface area contributed by atoms with Crippen LogP contribution in [-0.4, -0.2) is 25.0 Å². The Hall–Kier alpha value is -1.26. The van der Waals surface area contributed by atoms with Gasteiger partial charge in [0.2, 0.25) is 5.91 Å². The lowest BCUT2D eigenvalue weighted by Crippen LogP contribution is -2.30. The molecule has 70 valence electrons. The zero-order valence-electron chi connectivity index (χ0n) is 7.22. The van der Waals surface area contributed by atoms with Gasteiger partial charge in [0.1, 0.15) is 0 Å². The van der Waals surface area contributed by atoms with Crippen LogP contribution < -0.4 is 16.4 Å². The Bertz CT molecular complexity index is 141. The van der Waals surface area contributed by atoms with Gasteiger partial charge in [0.15, 0.2) is 0 Å². The first kappa shape index (κ1) is 10.7. The van der Waals surface area contributed by atoms with E-state index in [0.717, 1.165) is 12.8 Å². The first-order valence-corrected chi connectivity index (χ1v) is 3.90. The average molecular weight is 173 g/mol. The molecule has 0 unspecified atom stereocenters. The quantitative estimate of drug-likeness (QED) is 0.493. The van der Waals surface area contributed by atoms with E-state index in [9.17, 15) is 9.59 Å². The predicted octanol–water partition coefficient (Wildman–Crippen LogP) is -0.429. The second-order valence-corrected chi connectivity index (χ2v) is 2.48. The number of urea groups is 1. The third-order valence-electron chi connectivity index (χ3n) is 1.28. The van der Waals surface area contributed by atoms with Crippen LogP contribution in [0.5, 0.6) is 0 Å². The molecule has 0 aliphatic rings. The van der Waals surface area contributed by atoms with Gasteiger partial charge in [-0.25, -0.2) is 4.79 Å². The van der Waals surface area contributed by atoms with Crippen molar-refractivity contribution in [3.63, 3.8) is 0 Å². The molecule has 0 spiro atoms. The van der Waals surface area contributed by atoms with Gasteiger partial charge < -0.3 is 16.4 Å². The number of nitrogens with two attached hydrogens (primary N) is 1. The Kier molecular flexibility index (Phi) is 5.77. The van der Waals surface area contributed by atoms with E-state index in [1.54, 1.807) is 0 Å². The molecule has 0 bridgehead atoms. The van der Waals surface area contributed by atoms with Crippen LogP contribution in [0.1, 0.15) is 19.8 Å². The van der Waals surface area contributed by atoms with Gasteiger partial charge in [0.25, 0.3) is 0 Å². The van der Waals surface area contributed by atoms with Crippen LogP contribution in [0, 0.1) is 0 Å². The summed E-state index contributed by atoms with van der Waals surface area (Å²) in [7, 11) is 0. The molecule has 0 saturated heterocycles. The van der Waals surface area contributed by atoms with Crippen LogP contribution in [0.2, 0.25) is 0 Å². The Morgan fingerprint density at radius 2 is 1.67 bits per heavy atom. The van der Waals surface area contributed by atoms with E-state index in [0.29, 0.717) is 13.1 Å². The van der Waals surface area contributed by atoms with E-state index in [-0.39, 0.29) is 5.91 Å². The zero-order valence-corrected chi connectivity index (χ0v) is 7.22. The number of amides is 3. The van der Waals surface area contributed by atoms with Crippen molar-refractivity contribution in [3.8, 4) is 0 Å². The number of hydrogen-bond acceptors (Lipinski definition) is 2. The fourth-order valence-electron chi connectivity index (χ4n) is 0.726. The molecule has 0 atom stereocenters. The molecule has 3 amide bonds. The summed E-state index contributed by atoms with van der Waals surface area (Å²) < 4.78 is 0. The molecular formula is C7H15N3O2. The molecule has 0 aromatic rings. The Morgan fingerprint density at radius 3 is 2.08 bits per heavy atom. The van der Waals surface area contributed by atoms with E-state index in [1.807, 2.05) is 0 Å². The van der Waals surface area contributed by atoms with Crippen molar-refractivity contribution >= 4 is 11.9 Å². The molecule has 0 aromatic carbocycles. The van der Waals surface area contributed by atoms with Crippen molar-refractivity contribution in [3.05, 3.63) is 0 Å². The molecule has 0 aliphatic carbocycles. The maximum Gasteiger partial charge on any atom is 0.312 e. The van der Waals surface area contributed by atoms with Crippen molar-refractivity contribution in [2.45, 2.75) is 19.8 Å². The fraction of sp³-hybridized carbons (Fsp3) is 0.714. The number of primary amides is 1. The first-order chi connectivity index (χ1) is 5.63. The Balaban J connectivity index is 3.01. The summed E-state index contributed by atoms with van der Waals surface area (Å²) in [6.45, 7) is 2.69. The van der Waals surface area contributed by atoms with Crippen molar-refractivity contribution in [1.29, 1.82) is 0 Å². The molecule has 0 fully saturated rings. The highest BCUT2D eigenvalue weighted by molar-refractivity contribution is 5.72. The fourth-order valence-corrected chi connectivity index (χ4v) is 0.726. The van der Waals surface area contributed by atoms with Crippen LogP contribution in [0.25, 0.3) is 0 Å². The Labute approximate surface area is 71.7 Å². The van der Waals surface area contributed by atoms with Crippen molar-refractivity contribution < 1.29 is 9.59 Å². The van der Waals surface area contributed by atoms with Gasteiger partial charge in [0.05, 0.1) is 0 Å². The maximum absolute atomic E-state index is 10.4. The van der Waals surface area contributed by atoms with Gasteiger partial charge in [-0.3, -0.25) is 4.79 Å². The van der Waals surface area contributed by atoms with E-state index in [1.165, 1.54) is 6.92 Å². The lowest BCUT2D eigenvalue weighted by Gasteiger charge is -2.02. The summed E-state index contributed by atoms with van der Waals surface area (Å²) in [6, 6.07) is -0.505. The second-order valence-electron chi connectivity index (χ2n) is 2.48. The second kappa shape index (κ2) is 6.45. The van der Waals surface area contributed by atoms with Crippen molar-refractivity contribution in [1.82, 2.24) is 10.6 Å². The van der Waals surface area contributed by atoms with Crippen LogP contribution in [0.4, 0.5) is 4.79 Å². The molecule has 0 rings (SSSR count). The summed E-state index contributed by atoms with van der Waals surface area (Å²) in [5.41, 5.74) is 4.84. The van der Waals surface area contributed by atoms with Crippen molar-refractivity contribution in [2.75, 3.05) is 13.1 Å². The molecule has 0 aromatic heterocycles. The summed E-state index contributed by atoms with van der Waals surface area (Å²) in [6.07, 6.45) is 1.67. The number of rotatable bonds is 5. The largest absolute Gasteiger partial charge is 0.356 e. The highest BCUT2D eigenvalue weighted by atomic mass is 16.2. The molecule has 0 saturated carbocycles. The van der Waals surface area contributed by atoms with Crippen LogP contribution in [-0.2, 0) is 4.79 Å². The minimum absolute atomic E-state index is 0.0298. The first-order valence-electron chi connectivity index (χ1n) is 3.90. The van der Waals surface area contributed by atoms with Gasteiger partial charge in [-0.2, -0.15) is 0 Å². The lowest BCUT2D eigenvalue weighted by molar-refractivity contribution is -0.118. The maximum atomic E-state index is 10.4. The van der Waals surface area contributed by atoms with Gasteiger partial charge in [-0.15, -0.1) is 0 Å². The number of unbranched alkanes of at least 4 members (excludes halogenated alkanes) is 1. The number of nitrogens with one attached hydrogen (secondary N) is 2. The topological polar surface area (TPSA) is 84.2 Å². The molecule has 0 aliphatic heterocycles. The minimum atomic E-state index is -0.505. The third kappa shape index (κ3) is 8.74. The van der Waals surface area contributed by atoms with Crippen LogP contribution in [0.15, 0.2) is 0 Å². The van der Waals surface area contributed by atoms with E-state index >= 15 is 0 Å². The number of carbonyl (C=O) groups excluding carboxylic acids is 2. The van der Waals surface area contributed by atoms with E-state index < -0.39 is 6.03 Å². The molecule has 0 heterocycles. The normalized spacial score (nSPS) is 9.08. The highest BCUT2D eigenvalue weighted by Gasteiger charge is 1.92. The molecular weight excluding hydrogens is 158 g/mol. The van der Waals surface area contributed by atoms with Gasteiger partial charge in [-0.05, 0) is 12.8 Å². The van der Waals surface area contributed by atoms with Crippen LogP contribution in [0.3, 0.4) is 0 Å².